The van der Waals surface area contributed by atoms with Gasteiger partial charge in [-0.15, -0.1) is 0 Å². The highest BCUT2D eigenvalue weighted by Crippen LogP contribution is 2.15. The minimum Gasteiger partial charge on any atom is -0.338 e. The summed E-state index contributed by atoms with van der Waals surface area (Å²) >= 11 is 0. The van der Waals surface area contributed by atoms with Crippen molar-refractivity contribution in [3.8, 4) is 0 Å². The molecule has 0 spiro atoms. The molecule has 1 unspecified atom stereocenters. The van der Waals surface area contributed by atoms with Crippen molar-refractivity contribution in [2.75, 3.05) is 0 Å². The van der Waals surface area contributed by atoms with E-state index in [-0.39, 0.29) is 6.04 Å². The van der Waals surface area contributed by atoms with Crippen molar-refractivity contribution in [3.63, 3.8) is 0 Å². The van der Waals surface area contributed by atoms with Crippen LogP contribution in [-0.4, -0.2) is 10.1 Å². The van der Waals surface area contributed by atoms with E-state index in [9.17, 15) is 0 Å². The molecule has 0 radical (unpaired) electrons. The second kappa shape index (κ2) is 3.48. The summed E-state index contributed by atoms with van der Waals surface area (Å²) < 4.78 is 4.81. The van der Waals surface area contributed by atoms with E-state index in [0.29, 0.717) is 11.8 Å². The Morgan fingerprint density at radius 2 is 2.36 bits per heavy atom. The molecule has 0 saturated carbocycles. The summed E-state index contributed by atoms with van der Waals surface area (Å²) in [6.07, 6.45) is 2.25. The van der Waals surface area contributed by atoms with Crippen LogP contribution in [0.1, 0.15) is 32.2 Å². The van der Waals surface area contributed by atoms with Crippen LogP contribution in [0.25, 0.3) is 0 Å². The molecular weight excluding hydrogens is 142 g/mol. The number of rotatable bonds is 3. The smallest absolute Gasteiger partial charge is 0.243 e. The average molecular weight is 155 g/mol. The van der Waals surface area contributed by atoms with Gasteiger partial charge in [-0.25, -0.2) is 0 Å². The minimum absolute atomic E-state index is 0.113. The fourth-order valence-corrected chi connectivity index (χ4v) is 0.954. The van der Waals surface area contributed by atoms with E-state index in [0.717, 1.165) is 6.42 Å². The van der Waals surface area contributed by atoms with Crippen molar-refractivity contribution in [3.05, 3.63) is 12.2 Å². The number of nitrogens with two attached hydrogens (primary N) is 1. The van der Waals surface area contributed by atoms with Gasteiger partial charge in [0, 0.05) is 0 Å². The average Bonchev–Trinajstić information content (AvgIpc) is 2.35. The third-order valence-electron chi connectivity index (χ3n) is 1.42. The van der Waals surface area contributed by atoms with E-state index in [1.54, 1.807) is 0 Å². The van der Waals surface area contributed by atoms with Crippen LogP contribution < -0.4 is 5.73 Å². The first-order valence-electron chi connectivity index (χ1n) is 3.72. The third kappa shape index (κ3) is 2.31. The van der Waals surface area contributed by atoms with Gasteiger partial charge in [0.05, 0.1) is 6.04 Å². The van der Waals surface area contributed by atoms with Gasteiger partial charge in [-0.2, -0.15) is 4.98 Å². The fourth-order valence-electron chi connectivity index (χ4n) is 0.954. The van der Waals surface area contributed by atoms with Crippen LogP contribution >= 0.6 is 0 Å². The monoisotopic (exact) mass is 155 g/mol. The van der Waals surface area contributed by atoms with E-state index in [2.05, 4.69) is 24.0 Å². The van der Waals surface area contributed by atoms with Crippen molar-refractivity contribution < 1.29 is 4.52 Å². The molecule has 0 aliphatic heterocycles. The molecule has 2 N–H and O–H groups in total. The van der Waals surface area contributed by atoms with Crippen molar-refractivity contribution in [1.82, 2.24) is 10.1 Å². The number of hydrogen-bond acceptors (Lipinski definition) is 4. The molecule has 1 heterocycles. The van der Waals surface area contributed by atoms with Crippen molar-refractivity contribution in [2.45, 2.75) is 26.3 Å². The maximum atomic E-state index is 5.74. The standard InChI is InChI=1S/C7H13N3O/c1-5(2)3-6(8)7-9-4-10-11-7/h4-6H,3,8H2,1-2H3. The van der Waals surface area contributed by atoms with Crippen molar-refractivity contribution in [1.29, 1.82) is 0 Å². The van der Waals surface area contributed by atoms with Gasteiger partial charge in [0.1, 0.15) is 0 Å². The highest BCUT2D eigenvalue weighted by Gasteiger charge is 2.12. The first-order valence-corrected chi connectivity index (χ1v) is 3.72. The van der Waals surface area contributed by atoms with Crippen LogP contribution in [-0.2, 0) is 0 Å². The van der Waals surface area contributed by atoms with Crippen LogP contribution in [0.3, 0.4) is 0 Å². The molecular formula is C7H13N3O. The second-order valence-corrected chi connectivity index (χ2v) is 3.02. The van der Waals surface area contributed by atoms with Gasteiger partial charge in [0.2, 0.25) is 5.89 Å². The maximum absolute atomic E-state index is 5.74. The lowest BCUT2D eigenvalue weighted by Gasteiger charge is -2.08. The first-order chi connectivity index (χ1) is 5.20. The Morgan fingerprint density at radius 3 is 2.82 bits per heavy atom. The molecule has 4 nitrogen and oxygen atoms in total. The largest absolute Gasteiger partial charge is 0.338 e. The zero-order chi connectivity index (χ0) is 8.27. The van der Waals surface area contributed by atoms with Gasteiger partial charge < -0.3 is 10.3 Å². The van der Waals surface area contributed by atoms with Crippen LogP contribution in [0, 0.1) is 5.92 Å². The van der Waals surface area contributed by atoms with E-state index < -0.39 is 0 Å². The van der Waals surface area contributed by atoms with E-state index >= 15 is 0 Å². The molecule has 0 amide bonds. The zero-order valence-electron chi connectivity index (χ0n) is 6.82. The summed E-state index contributed by atoms with van der Waals surface area (Å²) in [5.74, 6) is 1.08. The SMILES string of the molecule is CC(C)CC(N)c1ncno1. The molecule has 0 bridgehead atoms. The summed E-state index contributed by atoms with van der Waals surface area (Å²) in [6.45, 7) is 4.21. The van der Waals surface area contributed by atoms with Crippen molar-refractivity contribution in [2.24, 2.45) is 11.7 Å². The van der Waals surface area contributed by atoms with E-state index in [1.807, 2.05) is 0 Å². The van der Waals surface area contributed by atoms with Crippen LogP contribution in [0.4, 0.5) is 0 Å². The molecule has 0 saturated heterocycles. The number of hydrogen-bond donors (Lipinski definition) is 1. The molecule has 0 aliphatic carbocycles. The highest BCUT2D eigenvalue weighted by atomic mass is 16.5. The summed E-state index contributed by atoms with van der Waals surface area (Å²) in [7, 11) is 0. The van der Waals surface area contributed by atoms with Crippen LogP contribution in [0.2, 0.25) is 0 Å². The lowest BCUT2D eigenvalue weighted by atomic mass is 10.0. The van der Waals surface area contributed by atoms with Gasteiger partial charge in [-0.05, 0) is 12.3 Å². The molecule has 1 atom stereocenters. The molecule has 11 heavy (non-hydrogen) atoms. The number of aromatic nitrogens is 2. The predicted molar refractivity (Wildman–Crippen MR) is 40.7 cm³/mol. The molecule has 1 aromatic heterocycles. The zero-order valence-corrected chi connectivity index (χ0v) is 6.82. The summed E-state index contributed by atoms with van der Waals surface area (Å²) in [5.41, 5.74) is 5.74. The molecule has 0 fully saturated rings. The molecule has 62 valence electrons. The van der Waals surface area contributed by atoms with Crippen LogP contribution in [0.5, 0.6) is 0 Å². The third-order valence-corrected chi connectivity index (χ3v) is 1.42. The first kappa shape index (κ1) is 8.20. The second-order valence-electron chi connectivity index (χ2n) is 3.02. The number of nitrogens with zero attached hydrogens (tertiary/aromatic N) is 2. The predicted octanol–water partition coefficient (Wildman–Crippen LogP) is 1.12. The Hall–Kier alpha value is -0.900. The Balaban J connectivity index is 2.49. The quantitative estimate of drug-likeness (QED) is 0.710. The Labute approximate surface area is 65.8 Å². The molecule has 1 aromatic rings. The van der Waals surface area contributed by atoms with Gasteiger partial charge >= 0.3 is 0 Å². The minimum atomic E-state index is -0.113. The maximum Gasteiger partial charge on any atom is 0.243 e. The Bertz CT molecular complexity index is 195. The van der Waals surface area contributed by atoms with E-state index in [4.69, 9.17) is 10.3 Å². The summed E-state index contributed by atoms with van der Waals surface area (Å²) in [5, 5.41) is 3.48. The van der Waals surface area contributed by atoms with Crippen LogP contribution in [0.15, 0.2) is 10.9 Å². The van der Waals surface area contributed by atoms with Gasteiger partial charge in [0.25, 0.3) is 0 Å². The topological polar surface area (TPSA) is 64.9 Å². The summed E-state index contributed by atoms with van der Waals surface area (Å²) in [4.78, 5) is 3.87. The Kier molecular flexibility index (Phi) is 2.59. The van der Waals surface area contributed by atoms with Gasteiger partial charge in [-0.3, -0.25) is 0 Å². The van der Waals surface area contributed by atoms with Gasteiger partial charge in [0.15, 0.2) is 6.33 Å². The lowest BCUT2D eigenvalue weighted by Crippen LogP contribution is -2.13. The molecule has 4 heteroatoms. The van der Waals surface area contributed by atoms with E-state index in [1.165, 1.54) is 6.33 Å². The van der Waals surface area contributed by atoms with Crippen molar-refractivity contribution >= 4 is 0 Å². The molecule has 1 rings (SSSR count). The molecule has 0 aromatic carbocycles. The highest BCUT2D eigenvalue weighted by molar-refractivity contribution is 4.84. The Morgan fingerprint density at radius 1 is 1.64 bits per heavy atom. The molecule has 0 aliphatic rings. The summed E-state index contributed by atoms with van der Waals surface area (Å²) in [6, 6.07) is -0.113. The van der Waals surface area contributed by atoms with Gasteiger partial charge in [-0.1, -0.05) is 19.0 Å². The lowest BCUT2D eigenvalue weighted by molar-refractivity contribution is 0.334. The fraction of sp³-hybridized carbons (Fsp3) is 0.714. The normalized spacial score (nSPS) is 13.8.